The number of halogens is 3. The van der Waals surface area contributed by atoms with E-state index in [-0.39, 0.29) is 5.92 Å². The maximum Gasteiger partial charge on any atom is 0.434 e. The second kappa shape index (κ2) is 5.89. The molecule has 0 bridgehead atoms. The molecule has 114 valence electrons. The molecule has 0 fully saturated rings. The molecule has 0 saturated carbocycles. The van der Waals surface area contributed by atoms with Gasteiger partial charge in [0.15, 0.2) is 5.69 Å². The zero-order chi connectivity index (χ0) is 15.6. The van der Waals surface area contributed by atoms with Crippen LogP contribution in [0.15, 0.2) is 30.5 Å². The molecule has 6 heteroatoms. The number of benzene rings is 1. The van der Waals surface area contributed by atoms with Gasteiger partial charge in [0, 0.05) is 24.8 Å². The summed E-state index contributed by atoms with van der Waals surface area (Å²) in [5.74, 6) is 0.557. The molecule has 0 aliphatic rings. The quantitative estimate of drug-likeness (QED) is 0.935. The van der Waals surface area contributed by atoms with Crippen molar-refractivity contribution in [2.24, 2.45) is 11.7 Å². The summed E-state index contributed by atoms with van der Waals surface area (Å²) in [5, 5.41) is 0. The Morgan fingerprint density at radius 2 is 1.81 bits per heavy atom. The molecule has 0 aliphatic carbocycles. The van der Waals surface area contributed by atoms with Crippen molar-refractivity contribution in [2.75, 3.05) is 0 Å². The van der Waals surface area contributed by atoms with E-state index in [1.165, 1.54) is 0 Å². The molecule has 0 saturated heterocycles. The number of nitrogens with zero attached hydrogens (tertiary/aromatic N) is 2. The minimum atomic E-state index is -4.44. The van der Waals surface area contributed by atoms with E-state index in [4.69, 9.17) is 5.73 Å². The predicted octanol–water partition coefficient (Wildman–Crippen LogP) is 3.68. The Morgan fingerprint density at radius 3 is 2.29 bits per heavy atom. The van der Waals surface area contributed by atoms with Gasteiger partial charge in [-0.2, -0.15) is 13.2 Å². The lowest BCUT2D eigenvalue weighted by molar-refractivity contribution is -0.140. The van der Waals surface area contributed by atoms with Gasteiger partial charge in [-0.05, 0) is 11.5 Å². The Bertz CT molecular complexity index is 598. The van der Waals surface area contributed by atoms with Gasteiger partial charge in [-0.25, -0.2) is 4.98 Å². The van der Waals surface area contributed by atoms with Gasteiger partial charge < -0.3 is 10.3 Å². The van der Waals surface area contributed by atoms with Crippen LogP contribution in [0.2, 0.25) is 0 Å². The van der Waals surface area contributed by atoms with Gasteiger partial charge in [0.05, 0.1) is 0 Å². The highest BCUT2D eigenvalue weighted by Gasteiger charge is 2.35. The third-order valence-corrected chi connectivity index (χ3v) is 3.08. The first-order valence-corrected chi connectivity index (χ1v) is 6.75. The van der Waals surface area contributed by atoms with Crippen LogP contribution in [0, 0.1) is 5.92 Å². The minimum Gasteiger partial charge on any atom is -0.330 e. The van der Waals surface area contributed by atoms with E-state index < -0.39 is 11.9 Å². The number of aromatic nitrogens is 2. The van der Waals surface area contributed by atoms with E-state index in [9.17, 15) is 13.2 Å². The Hall–Kier alpha value is -1.82. The molecule has 21 heavy (non-hydrogen) atoms. The Kier molecular flexibility index (Phi) is 4.37. The Labute approximate surface area is 121 Å². The van der Waals surface area contributed by atoms with Gasteiger partial charge in [-0.3, -0.25) is 0 Å². The van der Waals surface area contributed by atoms with Crippen LogP contribution in [0.5, 0.6) is 0 Å². The molecule has 0 atom stereocenters. The average Bonchev–Trinajstić information content (AvgIpc) is 2.82. The lowest BCUT2D eigenvalue weighted by Crippen LogP contribution is -2.06. The van der Waals surface area contributed by atoms with Crippen molar-refractivity contribution in [2.45, 2.75) is 33.1 Å². The molecule has 1 heterocycles. The first-order chi connectivity index (χ1) is 9.81. The second-order valence-electron chi connectivity index (χ2n) is 5.39. The number of nitrogens with two attached hydrogens (primary N) is 1. The molecule has 2 aromatic rings. The fraction of sp³-hybridized carbons (Fsp3) is 0.400. The highest BCUT2D eigenvalue weighted by molar-refractivity contribution is 5.56. The van der Waals surface area contributed by atoms with Crippen molar-refractivity contribution in [3.05, 3.63) is 41.7 Å². The average molecular weight is 297 g/mol. The number of imidazole rings is 1. The third kappa shape index (κ3) is 3.64. The molecule has 0 spiro atoms. The van der Waals surface area contributed by atoms with Crippen LogP contribution in [-0.4, -0.2) is 9.55 Å². The summed E-state index contributed by atoms with van der Waals surface area (Å²) >= 11 is 0. The molecular formula is C15H18F3N3. The van der Waals surface area contributed by atoms with Crippen LogP contribution in [0.1, 0.15) is 25.1 Å². The largest absolute Gasteiger partial charge is 0.434 e. The van der Waals surface area contributed by atoms with Crippen LogP contribution in [-0.2, 0) is 19.3 Å². The fourth-order valence-corrected chi connectivity index (χ4v) is 2.11. The maximum absolute atomic E-state index is 12.9. The van der Waals surface area contributed by atoms with E-state index in [0.717, 1.165) is 11.8 Å². The smallest absolute Gasteiger partial charge is 0.330 e. The Morgan fingerprint density at radius 1 is 1.19 bits per heavy atom. The maximum atomic E-state index is 12.9. The number of hydrogen-bond acceptors (Lipinski definition) is 2. The standard InChI is InChI=1S/C15H18F3N3/c1-10(2)8-21-9-13(15(16,17)18)20-14(21)12-5-3-11(7-19)4-6-12/h3-6,9-10H,7-8,19H2,1-2H3. The summed E-state index contributed by atoms with van der Waals surface area (Å²) in [5.41, 5.74) is 6.25. The van der Waals surface area contributed by atoms with Gasteiger partial charge in [-0.15, -0.1) is 0 Å². The van der Waals surface area contributed by atoms with E-state index in [1.807, 2.05) is 13.8 Å². The molecule has 2 N–H and O–H groups in total. The highest BCUT2D eigenvalue weighted by atomic mass is 19.4. The number of rotatable bonds is 4. The summed E-state index contributed by atoms with van der Waals surface area (Å²) in [7, 11) is 0. The van der Waals surface area contributed by atoms with Crippen LogP contribution in [0.4, 0.5) is 13.2 Å². The predicted molar refractivity (Wildman–Crippen MR) is 75.4 cm³/mol. The second-order valence-corrected chi connectivity index (χ2v) is 5.39. The minimum absolute atomic E-state index is 0.224. The molecule has 0 aliphatic heterocycles. The first-order valence-electron chi connectivity index (χ1n) is 6.75. The molecule has 2 rings (SSSR count). The van der Waals surface area contributed by atoms with E-state index >= 15 is 0 Å². The number of hydrogen-bond donors (Lipinski definition) is 1. The molecule has 1 aromatic heterocycles. The Balaban J connectivity index is 2.46. The first kappa shape index (κ1) is 15.6. The zero-order valence-electron chi connectivity index (χ0n) is 12.0. The van der Waals surface area contributed by atoms with Crippen molar-refractivity contribution in [3.63, 3.8) is 0 Å². The van der Waals surface area contributed by atoms with Gasteiger partial charge in [0.25, 0.3) is 0 Å². The summed E-state index contributed by atoms with van der Waals surface area (Å²) in [6.07, 6.45) is -3.36. The van der Waals surface area contributed by atoms with Gasteiger partial charge in [0.2, 0.25) is 0 Å². The van der Waals surface area contributed by atoms with Crippen LogP contribution >= 0.6 is 0 Å². The van der Waals surface area contributed by atoms with E-state index in [0.29, 0.717) is 24.5 Å². The highest BCUT2D eigenvalue weighted by Crippen LogP contribution is 2.31. The van der Waals surface area contributed by atoms with Crippen LogP contribution in [0.25, 0.3) is 11.4 Å². The third-order valence-electron chi connectivity index (χ3n) is 3.08. The van der Waals surface area contributed by atoms with Crippen molar-refractivity contribution >= 4 is 0 Å². The SMILES string of the molecule is CC(C)Cn1cc(C(F)(F)F)nc1-c1ccc(CN)cc1. The lowest BCUT2D eigenvalue weighted by Gasteiger charge is -2.10. The zero-order valence-corrected chi connectivity index (χ0v) is 12.0. The van der Waals surface area contributed by atoms with Gasteiger partial charge >= 0.3 is 6.18 Å². The molecule has 0 amide bonds. The lowest BCUT2D eigenvalue weighted by atomic mass is 10.1. The van der Waals surface area contributed by atoms with Crippen molar-refractivity contribution in [3.8, 4) is 11.4 Å². The van der Waals surface area contributed by atoms with Crippen molar-refractivity contribution in [1.82, 2.24) is 9.55 Å². The fourth-order valence-electron chi connectivity index (χ4n) is 2.11. The van der Waals surface area contributed by atoms with E-state index in [1.54, 1.807) is 28.8 Å². The molecule has 0 unspecified atom stereocenters. The van der Waals surface area contributed by atoms with Gasteiger partial charge in [-0.1, -0.05) is 38.1 Å². The molecule has 3 nitrogen and oxygen atoms in total. The monoisotopic (exact) mass is 297 g/mol. The molecule has 1 aromatic carbocycles. The van der Waals surface area contributed by atoms with Crippen molar-refractivity contribution in [1.29, 1.82) is 0 Å². The van der Waals surface area contributed by atoms with Crippen LogP contribution < -0.4 is 5.73 Å². The summed E-state index contributed by atoms with van der Waals surface area (Å²) in [4.78, 5) is 3.77. The van der Waals surface area contributed by atoms with Gasteiger partial charge in [0.1, 0.15) is 5.82 Å². The normalized spacial score (nSPS) is 12.1. The van der Waals surface area contributed by atoms with E-state index in [2.05, 4.69) is 4.98 Å². The number of alkyl halides is 3. The molecule has 0 radical (unpaired) electrons. The summed E-state index contributed by atoms with van der Waals surface area (Å²) in [6.45, 7) is 4.79. The molecular weight excluding hydrogens is 279 g/mol. The summed E-state index contributed by atoms with van der Waals surface area (Å²) < 4.78 is 40.1. The summed E-state index contributed by atoms with van der Waals surface area (Å²) in [6, 6.07) is 7.11. The van der Waals surface area contributed by atoms with Crippen molar-refractivity contribution < 1.29 is 13.2 Å². The topological polar surface area (TPSA) is 43.8 Å². The van der Waals surface area contributed by atoms with Crippen LogP contribution in [0.3, 0.4) is 0 Å².